The number of carboxylic acid groups (broad SMARTS) is 1. The summed E-state index contributed by atoms with van der Waals surface area (Å²) in [4.78, 5) is 13.3. The molecule has 2 heterocycles. The average molecular weight is 556 g/mol. The number of aliphatic hydroxyl groups is 2. The molecule has 8 nitrogen and oxygen atoms in total. The molecule has 7 atom stereocenters. The normalized spacial score (nSPS) is 27.1. The predicted octanol–water partition coefficient (Wildman–Crippen LogP) is 4.66. The van der Waals surface area contributed by atoms with Gasteiger partial charge in [-0.2, -0.15) is 0 Å². The van der Waals surface area contributed by atoms with Crippen LogP contribution in [-0.4, -0.2) is 51.1 Å². The van der Waals surface area contributed by atoms with E-state index in [1.165, 1.54) is 24.3 Å². The van der Waals surface area contributed by atoms with Gasteiger partial charge >= 0.3 is 5.97 Å². The minimum Gasteiger partial charge on any atom is -0.508 e. The topological polar surface area (TPSA) is 120 Å². The summed E-state index contributed by atoms with van der Waals surface area (Å²) in [5.41, 5.74) is 2.13. The van der Waals surface area contributed by atoms with Gasteiger partial charge in [-0.15, -0.1) is 0 Å². The summed E-state index contributed by atoms with van der Waals surface area (Å²) in [6, 6.07) is 18.0. The zero-order valence-corrected chi connectivity index (χ0v) is 21.5. The minimum absolute atomic E-state index is 0.0434. The molecule has 0 amide bonds. The van der Waals surface area contributed by atoms with Crippen molar-refractivity contribution in [3.8, 4) is 5.75 Å². The fraction of sp³-hybridized carbons (Fsp3) is 0.367. The van der Waals surface area contributed by atoms with Gasteiger partial charge < -0.3 is 34.8 Å². The SMILES string of the molecule is O=C(O)[C@@H]1C[C@H](O)C[C@H](O[C@@H](CCC2C(O)N(c3ccc(F)cc3)C2c2ccc(O)cc2)c2ccc(F)cc2)O1. The van der Waals surface area contributed by atoms with Gasteiger partial charge in [0.1, 0.15) is 23.6 Å². The third-order valence-electron chi connectivity index (χ3n) is 7.59. The van der Waals surface area contributed by atoms with Crippen molar-refractivity contribution >= 4 is 11.7 Å². The third kappa shape index (κ3) is 6.10. The summed E-state index contributed by atoms with van der Waals surface area (Å²) in [6.07, 6.45) is -3.79. The average Bonchev–Trinajstić information content (AvgIpc) is 2.93. The van der Waals surface area contributed by atoms with E-state index in [1.807, 2.05) is 0 Å². The maximum Gasteiger partial charge on any atom is 0.333 e. The van der Waals surface area contributed by atoms with Crippen molar-refractivity contribution in [3.63, 3.8) is 0 Å². The number of hydrogen-bond acceptors (Lipinski definition) is 7. The molecule has 2 aliphatic heterocycles. The summed E-state index contributed by atoms with van der Waals surface area (Å²) in [5, 5.41) is 40.6. The summed E-state index contributed by atoms with van der Waals surface area (Å²) in [5.74, 6) is -2.19. The number of carbonyl (C=O) groups is 1. The smallest absolute Gasteiger partial charge is 0.333 e. The number of anilines is 1. The Labute approximate surface area is 230 Å². The number of aliphatic hydroxyl groups excluding tert-OH is 2. The lowest BCUT2D eigenvalue weighted by molar-refractivity contribution is -0.239. The van der Waals surface area contributed by atoms with Gasteiger partial charge in [-0.1, -0.05) is 24.3 Å². The van der Waals surface area contributed by atoms with Gasteiger partial charge in [-0.25, -0.2) is 13.6 Å². The monoisotopic (exact) mass is 555 g/mol. The fourth-order valence-corrected chi connectivity index (χ4v) is 5.58. The second kappa shape index (κ2) is 11.9. The highest BCUT2D eigenvalue weighted by Gasteiger charge is 2.48. The van der Waals surface area contributed by atoms with Gasteiger partial charge in [0.15, 0.2) is 12.4 Å². The third-order valence-corrected chi connectivity index (χ3v) is 7.59. The largest absolute Gasteiger partial charge is 0.508 e. The minimum atomic E-state index is -1.21. The van der Waals surface area contributed by atoms with E-state index in [4.69, 9.17) is 9.47 Å². The Morgan fingerprint density at radius 2 is 1.57 bits per heavy atom. The molecule has 3 aromatic carbocycles. The number of aliphatic carboxylic acids is 1. The number of halogens is 2. The number of aromatic hydroxyl groups is 1. The highest BCUT2D eigenvalue weighted by atomic mass is 19.1. The number of nitrogens with zero attached hydrogens (tertiary/aromatic N) is 1. The van der Waals surface area contributed by atoms with E-state index in [1.54, 1.807) is 53.4 Å². The molecule has 3 aromatic rings. The molecule has 0 saturated carbocycles. The van der Waals surface area contributed by atoms with Gasteiger partial charge in [0, 0.05) is 24.4 Å². The van der Waals surface area contributed by atoms with Crippen LogP contribution in [0.5, 0.6) is 5.75 Å². The molecule has 212 valence electrons. The van der Waals surface area contributed by atoms with Crippen molar-refractivity contribution in [1.82, 2.24) is 0 Å². The summed E-state index contributed by atoms with van der Waals surface area (Å²) in [6.45, 7) is 0. The molecule has 3 unspecified atom stereocenters. The molecule has 0 bridgehead atoms. The highest BCUT2D eigenvalue weighted by molar-refractivity contribution is 5.72. The van der Waals surface area contributed by atoms with Crippen LogP contribution in [-0.2, 0) is 14.3 Å². The van der Waals surface area contributed by atoms with Crippen LogP contribution in [0.3, 0.4) is 0 Å². The Bertz CT molecular complexity index is 1290. The standard InChI is InChI=1S/C30H31F2NO7/c31-19-5-1-17(2-6-19)25(39-27-16-23(35)15-26(40-27)30(37)38)14-13-24-28(18-3-11-22(34)12-4-18)33(29(24)36)21-9-7-20(32)8-10-21/h1-12,23-29,34-36H,13-16H2,(H,37,38)/t23-,24?,25-,26-,27+,28?,29?/m0/s1. The molecule has 0 aliphatic carbocycles. The van der Waals surface area contributed by atoms with Crippen molar-refractivity contribution in [2.45, 2.75) is 62.6 Å². The zero-order chi connectivity index (χ0) is 28.4. The maximum atomic E-state index is 13.7. The zero-order valence-electron chi connectivity index (χ0n) is 21.5. The number of carboxylic acids is 1. The van der Waals surface area contributed by atoms with Crippen molar-refractivity contribution in [2.75, 3.05) is 4.90 Å². The van der Waals surface area contributed by atoms with Crippen LogP contribution in [0.1, 0.15) is 49.0 Å². The number of phenols is 1. The Morgan fingerprint density at radius 1 is 0.950 bits per heavy atom. The van der Waals surface area contributed by atoms with Crippen molar-refractivity contribution in [3.05, 3.63) is 95.6 Å². The molecule has 2 aliphatic rings. The molecular weight excluding hydrogens is 524 g/mol. The summed E-state index contributed by atoms with van der Waals surface area (Å²) < 4.78 is 39.0. The van der Waals surface area contributed by atoms with Gasteiger partial charge in [-0.3, -0.25) is 0 Å². The number of benzene rings is 3. The first-order chi connectivity index (χ1) is 19.2. The van der Waals surface area contributed by atoms with Crippen LogP contribution in [0.15, 0.2) is 72.8 Å². The van der Waals surface area contributed by atoms with E-state index in [9.17, 15) is 34.0 Å². The molecule has 4 N–H and O–H groups in total. The van der Waals surface area contributed by atoms with E-state index in [2.05, 4.69) is 0 Å². The summed E-state index contributed by atoms with van der Waals surface area (Å²) in [7, 11) is 0. The molecule has 40 heavy (non-hydrogen) atoms. The molecule has 0 aromatic heterocycles. The van der Waals surface area contributed by atoms with Gasteiger partial charge in [0.2, 0.25) is 0 Å². The quantitative estimate of drug-likeness (QED) is 0.301. The van der Waals surface area contributed by atoms with E-state index in [-0.39, 0.29) is 30.6 Å². The predicted molar refractivity (Wildman–Crippen MR) is 140 cm³/mol. The lowest BCUT2D eigenvalue weighted by Crippen LogP contribution is -2.58. The Hall–Kier alpha value is -3.57. The molecule has 0 radical (unpaired) electrons. The lowest BCUT2D eigenvalue weighted by Gasteiger charge is -2.54. The van der Waals surface area contributed by atoms with Crippen molar-refractivity contribution in [1.29, 1.82) is 0 Å². The van der Waals surface area contributed by atoms with Crippen LogP contribution in [0.4, 0.5) is 14.5 Å². The molecular formula is C30H31F2NO7. The molecule has 10 heteroatoms. The van der Waals surface area contributed by atoms with Gasteiger partial charge in [0.05, 0.1) is 18.2 Å². The molecule has 2 fully saturated rings. The number of hydrogen-bond donors (Lipinski definition) is 4. The number of rotatable bonds is 9. The maximum absolute atomic E-state index is 13.7. The number of ether oxygens (including phenoxy) is 2. The van der Waals surface area contributed by atoms with E-state index >= 15 is 0 Å². The second-order valence-electron chi connectivity index (χ2n) is 10.3. The van der Waals surface area contributed by atoms with Crippen LogP contribution < -0.4 is 4.90 Å². The first-order valence-electron chi connectivity index (χ1n) is 13.2. The van der Waals surface area contributed by atoms with Crippen LogP contribution >= 0.6 is 0 Å². The second-order valence-corrected chi connectivity index (χ2v) is 10.3. The van der Waals surface area contributed by atoms with E-state index < -0.39 is 48.4 Å². The van der Waals surface area contributed by atoms with E-state index in [0.29, 0.717) is 24.1 Å². The van der Waals surface area contributed by atoms with Crippen LogP contribution in [0.2, 0.25) is 0 Å². The van der Waals surface area contributed by atoms with Crippen molar-refractivity contribution in [2.24, 2.45) is 5.92 Å². The Kier molecular flexibility index (Phi) is 8.32. The molecule has 0 spiro atoms. The first-order valence-corrected chi connectivity index (χ1v) is 13.2. The molecule has 2 saturated heterocycles. The Balaban J connectivity index is 1.37. The van der Waals surface area contributed by atoms with Crippen molar-refractivity contribution < 1.29 is 43.5 Å². The first kappa shape index (κ1) is 28.0. The highest BCUT2D eigenvalue weighted by Crippen LogP contribution is 2.49. The van der Waals surface area contributed by atoms with Crippen LogP contribution in [0.25, 0.3) is 0 Å². The molecule has 5 rings (SSSR count). The number of phenolic OH excluding ortho intramolecular Hbond substituents is 1. The van der Waals surface area contributed by atoms with Crippen LogP contribution in [0, 0.1) is 17.6 Å². The van der Waals surface area contributed by atoms with Gasteiger partial charge in [0.25, 0.3) is 0 Å². The lowest BCUT2D eigenvalue weighted by atomic mass is 9.77. The van der Waals surface area contributed by atoms with Gasteiger partial charge in [-0.05, 0) is 72.5 Å². The Morgan fingerprint density at radius 3 is 2.20 bits per heavy atom. The van der Waals surface area contributed by atoms with E-state index in [0.717, 1.165) is 5.56 Å². The fourth-order valence-electron chi connectivity index (χ4n) is 5.58. The summed E-state index contributed by atoms with van der Waals surface area (Å²) >= 11 is 0.